The summed E-state index contributed by atoms with van der Waals surface area (Å²) in [6.45, 7) is 3.63. The molecular formula is C14H22O2. The highest BCUT2D eigenvalue weighted by molar-refractivity contribution is 5.22. The first-order chi connectivity index (χ1) is 7.58. The summed E-state index contributed by atoms with van der Waals surface area (Å²) in [7, 11) is 0. The van der Waals surface area contributed by atoms with Crippen LogP contribution in [0.4, 0.5) is 0 Å². The first-order valence-corrected chi connectivity index (χ1v) is 6.02. The van der Waals surface area contributed by atoms with Crippen LogP contribution in [0.5, 0.6) is 0 Å². The Morgan fingerprint density at radius 3 is 1.38 bits per heavy atom. The lowest BCUT2D eigenvalue weighted by atomic mass is 10.0. The molecule has 0 radical (unpaired) electrons. The zero-order chi connectivity index (χ0) is 12.0. The van der Waals surface area contributed by atoms with Crippen LogP contribution in [0.3, 0.4) is 0 Å². The summed E-state index contributed by atoms with van der Waals surface area (Å²) in [5.41, 5.74) is 2.53. The number of rotatable bonds is 6. The molecule has 0 fully saturated rings. The highest BCUT2D eigenvalue weighted by Crippen LogP contribution is 2.10. The molecule has 2 N–H and O–H groups in total. The van der Waals surface area contributed by atoms with E-state index in [1.165, 1.54) is 11.1 Å². The SMILES string of the molecule is CC(O)CCc1ccc(CCC(C)O)cc1. The molecule has 0 heterocycles. The van der Waals surface area contributed by atoms with E-state index < -0.39 is 0 Å². The van der Waals surface area contributed by atoms with Crippen molar-refractivity contribution in [1.29, 1.82) is 0 Å². The van der Waals surface area contributed by atoms with E-state index in [9.17, 15) is 10.2 Å². The quantitative estimate of drug-likeness (QED) is 0.775. The summed E-state index contributed by atoms with van der Waals surface area (Å²) >= 11 is 0. The van der Waals surface area contributed by atoms with Gasteiger partial charge in [-0.2, -0.15) is 0 Å². The van der Waals surface area contributed by atoms with Crippen LogP contribution in [0.1, 0.15) is 37.8 Å². The Balaban J connectivity index is 2.41. The second kappa shape index (κ2) is 6.66. The van der Waals surface area contributed by atoms with Crippen molar-refractivity contribution in [3.05, 3.63) is 35.4 Å². The van der Waals surface area contributed by atoms with E-state index in [1.54, 1.807) is 0 Å². The van der Waals surface area contributed by atoms with Gasteiger partial charge < -0.3 is 10.2 Å². The summed E-state index contributed by atoms with van der Waals surface area (Å²) in [5.74, 6) is 0. The monoisotopic (exact) mass is 222 g/mol. The lowest BCUT2D eigenvalue weighted by molar-refractivity contribution is 0.184. The molecule has 0 saturated heterocycles. The van der Waals surface area contributed by atoms with Crippen molar-refractivity contribution < 1.29 is 10.2 Å². The Labute approximate surface area is 97.9 Å². The Bertz CT molecular complexity index is 257. The van der Waals surface area contributed by atoms with Gasteiger partial charge in [-0.25, -0.2) is 0 Å². The molecule has 0 bridgehead atoms. The number of hydrogen-bond donors (Lipinski definition) is 2. The first kappa shape index (κ1) is 13.2. The van der Waals surface area contributed by atoms with Crippen molar-refractivity contribution in [2.24, 2.45) is 0 Å². The molecule has 2 heteroatoms. The van der Waals surface area contributed by atoms with E-state index in [0.717, 1.165) is 25.7 Å². The summed E-state index contributed by atoms with van der Waals surface area (Å²) in [4.78, 5) is 0. The molecule has 2 atom stereocenters. The van der Waals surface area contributed by atoms with Gasteiger partial charge in [-0.1, -0.05) is 24.3 Å². The predicted octanol–water partition coefficient (Wildman–Crippen LogP) is 2.31. The van der Waals surface area contributed by atoms with Gasteiger partial charge in [0.1, 0.15) is 0 Å². The zero-order valence-corrected chi connectivity index (χ0v) is 10.2. The topological polar surface area (TPSA) is 40.5 Å². The Morgan fingerprint density at radius 2 is 1.12 bits per heavy atom. The van der Waals surface area contributed by atoms with Crippen LogP contribution >= 0.6 is 0 Å². The van der Waals surface area contributed by atoms with Gasteiger partial charge in [0.05, 0.1) is 12.2 Å². The third-order valence-corrected chi connectivity index (χ3v) is 2.72. The van der Waals surface area contributed by atoms with Crippen LogP contribution in [-0.4, -0.2) is 22.4 Å². The van der Waals surface area contributed by atoms with Gasteiger partial charge in [0.2, 0.25) is 0 Å². The molecule has 90 valence electrons. The largest absolute Gasteiger partial charge is 0.393 e. The molecule has 0 aliphatic rings. The summed E-state index contributed by atoms with van der Waals surface area (Å²) in [5, 5.41) is 18.4. The standard InChI is InChI=1S/C14H22O2/c1-11(15)3-5-13-7-9-14(10-8-13)6-4-12(2)16/h7-12,15-16H,3-6H2,1-2H3. The van der Waals surface area contributed by atoms with Crippen molar-refractivity contribution in [2.45, 2.75) is 51.7 Å². The maximum absolute atomic E-state index is 9.19. The lowest BCUT2D eigenvalue weighted by Crippen LogP contribution is -2.02. The molecule has 16 heavy (non-hydrogen) atoms. The predicted molar refractivity (Wildman–Crippen MR) is 66.4 cm³/mol. The normalized spacial score (nSPS) is 14.8. The lowest BCUT2D eigenvalue weighted by Gasteiger charge is -2.07. The highest BCUT2D eigenvalue weighted by Gasteiger charge is 2.00. The fourth-order valence-electron chi connectivity index (χ4n) is 1.62. The maximum atomic E-state index is 9.19. The van der Waals surface area contributed by atoms with Crippen LogP contribution in [-0.2, 0) is 12.8 Å². The third-order valence-electron chi connectivity index (χ3n) is 2.72. The van der Waals surface area contributed by atoms with Crippen molar-refractivity contribution in [1.82, 2.24) is 0 Å². The number of benzene rings is 1. The average molecular weight is 222 g/mol. The smallest absolute Gasteiger partial charge is 0.0515 e. The molecule has 2 unspecified atom stereocenters. The van der Waals surface area contributed by atoms with E-state index in [4.69, 9.17) is 0 Å². The zero-order valence-electron chi connectivity index (χ0n) is 10.2. The minimum atomic E-state index is -0.227. The highest BCUT2D eigenvalue weighted by atomic mass is 16.3. The summed E-state index contributed by atoms with van der Waals surface area (Å²) < 4.78 is 0. The van der Waals surface area contributed by atoms with Gasteiger partial charge in [-0.15, -0.1) is 0 Å². The number of aliphatic hydroxyl groups excluding tert-OH is 2. The second-order valence-electron chi connectivity index (χ2n) is 4.59. The van der Waals surface area contributed by atoms with E-state index in [1.807, 2.05) is 13.8 Å². The van der Waals surface area contributed by atoms with Gasteiger partial charge in [-0.05, 0) is 50.7 Å². The van der Waals surface area contributed by atoms with Crippen LogP contribution < -0.4 is 0 Å². The van der Waals surface area contributed by atoms with Gasteiger partial charge in [-0.3, -0.25) is 0 Å². The van der Waals surface area contributed by atoms with E-state index >= 15 is 0 Å². The Kier molecular flexibility index (Phi) is 5.50. The molecule has 0 aliphatic heterocycles. The Hall–Kier alpha value is -0.860. The van der Waals surface area contributed by atoms with E-state index in [-0.39, 0.29) is 12.2 Å². The van der Waals surface area contributed by atoms with Crippen molar-refractivity contribution >= 4 is 0 Å². The Morgan fingerprint density at radius 1 is 0.812 bits per heavy atom. The molecular weight excluding hydrogens is 200 g/mol. The third kappa shape index (κ3) is 5.29. The molecule has 0 aromatic heterocycles. The fourth-order valence-corrected chi connectivity index (χ4v) is 1.62. The van der Waals surface area contributed by atoms with E-state index in [0.29, 0.717) is 0 Å². The minimum Gasteiger partial charge on any atom is -0.393 e. The second-order valence-corrected chi connectivity index (χ2v) is 4.59. The van der Waals surface area contributed by atoms with Crippen molar-refractivity contribution in [3.63, 3.8) is 0 Å². The molecule has 2 nitrogen and oxygen atoms in total. The molecule has 0 amide bonds. The van der Waals surface area contributed by atoms with Gasteiger partial charge in [0, 0.05) is 0 Å². The number of aryl methyl sites for hydroxylation is 2. The van der Waals surface area contributed by atoms with Crippen LogP contribution in [0.15, 0.2) is 24.3 Å². The molecule has 0 spiro atoms. The first-order valence-electron chi connectivity index (χ1n) is 6.02. The van der Waals surface area contributed by atoms with Gasteiger partial charge in [0.25, 0.3) is 0 Å². The van der Waals surface area contributed by atoms with Gasteiger partial charge in [0.15, 0.2) is 0 Å². The molecule has 0 saturated carbocycles. The van der Waals surface area contributed by atoms with Crippen LogP contribution in [0.25, 0.3) is 0 Å². The van der Waals surface area contributed by atoms with E-state index in [2.05, 4.69) is 24.3 Å². The number of aliphatic hydroxyl groups is 2. The maximum Gasteiger partial charge on any atom is 0.0515 e. The summed E-state index contributed by atoms with van der Waals surface area (Å²) in [6, 6.07) is 8.44. The minimum absolute atomic E-state index is 0.227. The molecule has 1 rings (SSSR count). The molecule has 0 aliphatic carbocycles. The fraction of sp³-hybridized carbons (Fsp3) is 0.571. The van der Waals surface area contributed by atoms with Crippen molar-refractivity contribution in [2.75, 3.05) is 0 Å². The van der Waals surface area contributed by atoms with Crippen molar-refractivity contribution in [3.8, 4) is 0 Å². The summed E-state index contributed by atoms with van der Waals surface area (Å²) in [6.07, 6.45) is 3.02. The number of hydrogen-bond acceptors (Lipinski definition) is 2. The van der Waals surface area contributed by atoms with Crippen LogP contribution in [0, 0.1) is 0 Å². The average Bonchev–Trinajstić information content (AvgIpc) is 2.25. The van der Waals surface area contributed by atoms with Crippen LogP contribution in [0.2, 0.25) is 0 Å². The van der Waals surface area contributed by atoms with Gasteiger partial charge >= 0.3 is 0 Å². The molecule has 1 aromatic carbocycles. The molecule has 1 aromatic rings.